The molecule has 0 atom stereocenters. The average Bonchev–Trinajstić information content (AvgIpc) is 2.65. The van der Waals surface area contributed by atoms with Gasteiger partial charge in [0.1, 0.15) is 11.2 Å². The van der Waals surface area contributed by atoms with Crippen LogP contribution in [0.2, 0.25) is 0 Å². The second-order valence-corrected chi connectivity index (χ2v) is 7.83. The molecule has 0 heterocycles. The van der Waals surface area contributed by atoms with Crippen LogP contribution in [0.4, 0.5) is 0 Å². The number of benzene rings is 2. The van der Waals surface area contributed by atoms with Gasteiger partial charge in [0.25, 0.3) is 0 Å². The van der Waals surface area contributed by atoms with Crippen LogP contribution in [-0.4, -0.2) is 23.1 Å². The van der Waals surface area contributed by atoms with Gasteiger partial charge in [0.2, 0.25) is 0 Å². The molecule has 0 aliphatic heterocycles. The monoisotopic (exact) mass is 388 g/mol. The predicted octanol–water partition coefficient (Wildman–Crippen LogP) is 5.15. The summed E-state index contributed by atoms with van der Waals surface area (Å²) < 4.78 is 0. The van der Waals surface area contributed by atoms with E-state index in [1.165, 1.54) is 12.1 Å². The van der Waals surface area contributed by atoms with Gasteiger partial charge in [-0.15, -0.1) is 0 Å². The first-order valence-corrected chi connectivity index (χ1v) is 8.89. The molecular weight excluding hydrogens is 360 g/mol. The molecule has 0 spiro atoms. The van der Waals surface area contributed by atoms with Crippen molar-refractivity contribution in [2.75, 3.05) is 0 Å². The van der Waals surface area contributed by atoms with Crippen molar-refractivity contribution in [2.45, 2.75) is 52.7 Å². The fourth-order valence-electron chi connectivity index (χ4n) is 1.64. The van der Waals surface area contributed by atoms with Crippen molar-refractivity contribution >= 4 is 11.9 Å². The van der Waals surface area contributed by atoms with Crippen LogP contribution < -0.4 is 0 Å². The van der Waals surface area contributed by atoms with Gasteiger partial charge in [0.15, 0.2) is 0 Å². The zero-order valence-corrected chi connectivity index (χ0v) is 17.2. The minimum atomic E-state index is -0.779. The molecule has 152 valence electrons. The summed E-state index contributed by atoms with van der Waals surface area (Å²) >= 11 is 0. The summed E-state index contributed by atoms with van der Waals surface area (Å²) in [7, 11) is 0. The first-order chi connectivity index (χ1) is 13.0. The minimum absolute atomic E-state index is 0.0364. The van der Waals surface area contributed by atoms with Crippen molar-refractivity contribution in [3.05, 3.63) is 71.8 Å². The Morgan fingerprint density at radius 1 is 0.571 bits per heavy atom. The summed E-state index contributed by atoms with van der Waals surface area (Å²) in [6.07, 6.45) is 0. The highest BCUT2D eigenvalue weighted by Gasteiger charge is 2.24. The lowest BCUT2D eigenvalue weighted by Gasteiger charge is -2.18. The number of hydrogen-bond acceptors (Lipinski definition) is 6. The van der Waals surface area contributed by atoms with Gasteiger partial charge in [-0.1, -0.05) is 48.5 Å². The second-order valence-electron chi connectivity index (χ2n) is 7.83. The smallest absolute Gasteiger partial charge is 0.292 e. The summed E-state index contributed by atoms with van der Waals surface area (Å²) in [6.45, 7) is 10.4. The van der Waals surface area contributed by atoms with Crippen molar-refractivity contribution in [3.8, 4) is 0 Å². The summed E-state index contributed by atoms with van der Waals surface area (Å²) in [5.41, 5.74) is -1.23. The molecule has 2 aromatic carbocycles. The standard InChI is InChI=1S/C16H22O6.C6H6/c1-15(2,3)21-19-13(17)11-9-7-8-10-12(11)14(18)20-22-16(4,5)6;1-2-4-6-5-3-1/h7-10H,1-6H3;1-6H. The lowest BCUT2D eigenvalue weighted by molar-refractivity contribution is -0.302. The predicted molar refractivity (Wildman–Crippen MR) is 105 cm³/mol. The van der Waals surface area contributed by atoms with Gasteiger partial charge in [-0.3, -0.25) is 9.78 Å². The topological polar surface area (TPSA) is 71.1 Å². The zero-order chi connectivity index (χ0) is 21.2. The van der Waals surface area contributed by atoms with E-state index < -0.39 is 23.1 Å². The molecule has 0 saturated heterocycles. The Morgan fingerprint density at radius 3 is 1.11 bits per heavy atom. The van der Waals surface area contributed by atoms with Crippen LogP contribution in [0.1, 0.15) is 62.3 Å². The SMILES string of the molecule is CC(C)(C)OOC(=O)c1ccccc1C(=O)OOC(C)(C)C.c1ccccc1. The Balaban J connectivity index is 0.000000552. The Bertz CT molecular complexity index is 666. The van der Waals surface area contributed by atoms with E-state index in [-0.39, 0.29) is 11.1 Å². The minimum Gasteiger partial charge on any atom is -0.292 e. The van der Waals surface area contributed by atoms with Crippen LogP contribution in [0.5, 0.6) is 0 Å². The van der Waals surface area contributed by atoms with Gasteiger partial charge in [-0.25, -0.2) is 9.59 Å². The molecule has 6 heteroatoms. The Kier molecular flexibility index (Phi) is 8.82. The maximum absolute atomic E-state index is 12.0. The highest BCUT2D eigenvalue weighted by atomic mass is 17.2. The summed E-state index contributed by atoms with van der Waals surface area (Å²) in [6, 6.07) is 18.1. The highest BCUT2D eigenvalue weighted by Crippen LogP contribution is 2.16. The average molecular weight is 388 g/mol. The van der Waals surface area contributed by atoms with E-state index >= 15 is 0 Å². The van der Waals surface area contributed by atoms with Crippen molar-refractivity contribution < 1.29 is 29.1 Å². The molecule has 0 bridgehead atoms. The summed E-state index contributed by atoms with van der Waals surface area (Å²) in [5.74, 6) is -1.56. The number of carbonyl (C=O) groups excluding carboxylic acids is 2. The zero-order valence-electron chi connectivity index (χ0n) is 17.2. The first-order valence-electron chi connectivity index (χ1n) is 8.89. The van der Waals surface area contributed by atoms with E-state index in [0.717, 1.165) is 0 Å². The van der Waals surface area contributed by atoms with Crippen LogP contribution >= 0.6 is 0 Å². The molecule has 28 heavy (non-hydrogen) atoms. The number of carbonyl (C=O) groups is 2. The fraction of sp³-hybridized carbons (Fsp3) is 0.364. The van der Waals surface area contributed by atoms with Crippen molar-refractivity contribution in [2.24, 2.45) is 0 Å². The normalized spacial score (nSPS) is 11.1. The Labute approximate surface area is 166 Å². The molecular formula is C22H28O6. The van der Waals surface area contributed by atoms with E-state index in [4.69, 9.17) is 19.6 Å². The Hall–Kier alpha value is -2.70. The lowest BCUT2D eigenvalue weighted by atomic mass is 10.1. The molecule has 2 aromatic rings. The largest absolute Gasteiger partial charge is 0.373 e. The molecule has 0 aliphatic carbocycles. The van der Waals surface area contributed by atoms with Crippen molar-refractivity contribution in [1.82, 2.24) is 0 Å². The van der Waals surface area contributed by atoms with E-state index in [2.05, 4.69) is 0 Å². The van der Waals surface area contributed by atoms with E-state index in [1.807, 2.05) is 36.4 Å². The third kappa shape index (κ3) is 9.85. The van der Waals surface area contributed by atoms with E-state index in [9.17, 15) is 9.59 Å². The molecule has 2 rings (SSSR count). The first kappa shape index (κ1) is 23.3. The quantitative estimate of drug-likeness (QED) is 0.533. The van der Waals surface area contributed by atoms with Crippen molar-refractivity contribution in [1.29, 1.82) is 0 Å². The van der Waals surface area contributed by atoms with Gasteiger partial charge in [-0.2, -0.15) is 9.78 Å². The maximum Gasteiger partial charge on any atom is 0.373 e. The van der Waals surface area contributed by atoms with Crippen LogP contribution in [0.15, 0.2) is 60.7 Å². The van der Waals surface area contributed by atoms with Gasteiger partial charge in [-0.05, 0) is 53.7 Å². The highest BCUT2D eigenvalue weighted by molar-refractivity contribution is 6.02. The summed E-state index contributed by atoms with van der Waals surface area (Å²) in [4.78, 5) is 43.4. The van der Waals surface area contributed by atoms with E-state index in [1.54, 1.807) is 53.7 Å². The molecule has 0 fully saturated rings. The molecule has 0 N–H and O–H groups in total. The molecule has 0 aliphatic rings. The maximum atomic E-state index is 12.0. The van der Waals surface area contributed by atoms with Gasteiger partial charge in [0, 0.05) is 0 Å². The molecule has 0 unspecified atom stereocenters. The van der Waals surface area contributed by atoms with Crippen LogP contribution in [0.3, 0.4) is 0 Å². The molecule has 0 amide bonds. The molecule has 6 nitrogen and oxygen atoms in total. The van der Waals surface area contributed by atoms with Gasteiger partial charge < -0.3 is 0 Å². The third-order valence-corrected chi connectivity index (χ3v) is 2.77. The van der Waals surface area contributed by atoms with Crippen LogP contribution in [-0.2, 0) is 19.6 Å². The number of hydrogen-bond donors (Lipinski definition) is 0. The molecule has 0 saturated carbocycles. The fourth-order valence-corrected chi connectivity index (χ4v) is 1.64. The van der Waals surface area contributed by atoms with Crippen LogP contribution in [0, 0.1) is 0 Å². The van der Waals surface area contributed by atoms with Gasteiger partial charge >= 0.3 is 11.9 Å². The lowest BCUT2D eigenvalue weighted by Crippen LogP contribution is -2.24. The van der Waals surface area contributed by atoms with Crippen molar-refractivity contribution in [3.63, 3.8) is 0 Å². The molecule has 0 radical (unpaired) electrons. The summed E-state index contributed by atoms with van der Waals surface area (Å²) in [5, 5.41) is 0. The second kappa shape index (κ2) is 10.6. The third-order valence-electron chi connectivity index (χ3n) is 2.77. The van der Waals surface area contributed by atoms with E-state index in [0.29, 0.717) is 0 Å². The van der Waals surface area contributed by atoms with Gasteiger partial charge in [0.05, 0.1) is 11.1 Å². The molecule has 0 aromatic heterocycles. The van der Waals surface area contributed by atoms with Crippen LogP contribution in [0.25, 0.3) is 0 Å². The number of rotatable bonds is 4. The Morgan fingerprint density at radius 2 is 0.857 bits per heavy atom.